The lowest BCUT2D eigenvalue weighted by molar-refractivity contribution is 0.220. The average molecular weight is 761 g/mol. The van der Waals surface area contributed by atoms with Gasteiger partial charge in [0.2, 0.25) is 0 Å². The highest BCUT2D eigenvalue weighted by Gasteiger charge is 2.48. The highest BCUT2D eigenvalue weighted by atomic mass is 16.5. The molecule has 282 valence electrons. The van der Waals surface area contributed by atoms with Crippen LogP contribution < -0.4 is 9.47 Å². The number of hydrogen-bond donors (Lipinski definition) is 1. The Morgan fingerprint density at radius 1 is 0.458 bits per heavy atom. The standard InChI is InChI=1S/C56H40O3/c1-35-11-12-41-32-44(22-13-40(41)31-35)56(52-30-21-36-7-3-5-9-49(36)53(52)51-29-20-37-8-4-6-10-50(37)54(51)56)45-23-14-43-34-48(28-19-42(43)33-45)59-47-26-17-39(18-27-47)55(57)38-15-24-46(58-2)25-16-38/h3-34,55,57H,1-2H3. The van der Waals surface area contributed by atoms with E-state index in [-0.39, 0.29) is 0 Å². The van der Waals surface area contributed by atoms with Crippen molar-refractivity contribution in [1.29, 1.82) is 0 Å². The molecule has 10 aromatic rings. The Morgan fingerprint density at radius 3 is 1.68 bits per heavy atom. The number of benzene rings is 10. The summed E-state index contributed by atoms with van der Waals surface area (Å²) < 4.78 is 11.7. The van der Waals surface area contributed by atoms with E-state index in [0.717, 1.165) is 33.4 Å². The van der Waals surface area contributed by atoms with E-state index < -0.39 is 11.5 Å². The minimum Gasteiger partial charge on any atom is -0.497 e. The summed E-state index contributed by atoms with van der Waals surface area (Å²) in [5.74, 6) is 2.21. The summed E-state index contributed by atoms with van der Waals surface area (Å²) in [5, 5.41) is 20.7. The summed E-state index contributed by atoms with van der Waals surface area (Å²) in [6.07, 6.45) is -0.748. The molecule has 0 fully saturated rings. The zero-order chi connectivity index (χ0) is 39.7. The largest absolute Gasteiger partial charge is 0.497 e. The maximum absolute atomic E-state index is 11.0. The zero-order valence-corrected chi connectivity index (χ0v) is 32.8. The summed E-state index contributed by atoms with van der Waals surface area (Å²) in [5.41, 5.74) is 9.94. The lowest BCUT2D eigenvalue weighted by atomic mass is 9.66. The fraction of sp³-hybridized carbons (Fsp3) is 0.0714. The van der Waals surface area contributed by atoms with Crippen LogP contribution in [0.15, 0.2) is 194 Å². The topological polar surface area (TPSA) is 38.7 Å². The number of aryl methyl sites for hydroxylation is 1. The summed E-state index contributed by atoms with van der Waals surface area (Å²) in [6, 6.07) is 69.3. The predicted octanol–water partition coefficient (Wildman–Crippen LogP) is 13.9. The first-order valence-corrected chi connectivity index (χ1v) is 20.2. The molecule has 0 radical (unpaired) electrons. The van der Waals surface area contributed by atoms with Gasteiger partial charge in [0, 0.05) is 0 Å². The minimum absolute atomic E-state index is 0.601. The molecule has 0 spiro atoms. The molecule has 1 aliphatic carbocycles. The summed E-state index contributed by atoms with van der Waals surface area (Å²) in [6.45, 7) is 2.16. The van der Waals surface area contributed by atoms with Crippen LogP contribution in [0.5, 0.6) is 17.2 Å². The molecule has 2 atom stereocenters. The number of aliphatic hydroxyl groups is 1. The van der Waals surface area contributed by atoms with Crippen molar-refractivity contribution < 1.29 is 14.6 Å². The molecule has 0 saturated heterocycles. The van der Waals surface area contributed by atoms with Crippen LogP contribution in [0.4, 0.5) is 0 Å². The van der Waals surface area contributed by atoms with Gasteiger partial charge in [-0.25, -0.2) is 0 Å². The Hall–Kier alpha value is -7.20. The highest BCUT2D eigenvalue weighted by molar-refractivity contribution is 6.09. The number of fused-ring (bicyclic) bond motifs is 9. The van der Waals surface area contributed by atoms with Gasteiger partial charge in [-0.3, -0.25) is 0 Å². The van der Waals surface area contributed by atoms with Gasteiger partial charge in [0.05, 0.1) is 12.5 Å². The molecule has 11 rings (SSSR count). The van der Waals surface area contributed by atoms with Gasteiger partial charge < -0.3 is 14.6 Å². The number of ether oxygens (including phenoxy) is 2. The van der Waals surface area contributed by atoms with Crippen molar-refractivity contribution in [2.45, 2.75) is 18.4 Å². The van der Waals surface area contributed by atoms with Crippen LogP contribution in [0.2, 0.25) is 0 Å². The van der Waals surface area contributed by atoms with Gasteiger partial charge in [0.25, 0.3) is 0 Å². The molecule has 0 bridgehead atoms. The van der Waals surface area contributed by atoms with Gasteiger partial charge in [0.15, 0.2) is 0 Å². The molecule has 0 saturated carbocycles. The van der Waals surface area contributed by atoms with Crippen LogP contribution in [0.25, 0.3) is 54.2 Å². The van der Waals surface area contributed by atoms with Crippen LogP contribution in [0, 0.1) is 6.92 Å². The van der Waals surface area contributed by atoms with Crippen molar-refractivity contribution in [3.8, 4) is 28.4 Å². The van der Waals surface area contributed by atoms with E-state index in [0.29, 0.717) is 5.75 Å². The Bertz CT molecular complexity index is 3250. The lowest BCUT2D eigenvalue weighted by Crippen LogP contribution is -2.29. The Balaban J connectivity index is 1.05. The van der Waals surface area contributed by atoms with E-state index >= 15 is 0 Å². The van der Waals surface area contributed by atoms with Gasteiger partial charge in [0.1, 0.15) is 23.4 Å². The first-order chi connectivity index (χ1) is 29.0. The Kier molecular flexibility index (Phi) is 8.14. The number of methoxy groups -OCH3 is 1. The van der Waals surface area contributed by atoms with E-state index in [4.69, 9.17) is 9.47 Å². The molecule has 1 aliphatic rings. The smallest absolute Gasteiger partial charge is 0.128 e. The quantitative estimate of drug-likeness (QED) is 0.176. The molecular weight excluding hydrogens is 721 g/mol. The maximum Gasteiger partial charge on any atom is 0.128 e. The first kappa shape index (κ1) is 35.0. The van der Waals surface area contributed by atoms with E-state index in [1.807, 2.05) is 48.5 Å². The second-order valence-corrected chi connectivity index (χ2v) is 15.8. The van der Waals surface area contributed by atoms with Gasteiger partial charge in [-0.05, 0) is 143 Å². The monoisotopic (exact) mass is 760 g/mol. The average Bonchev–Trinajstić information content (AvgIpc) is 3.61. The molecule has 59 heavy (non-hydrogen) atoms. The van der Waals surface area contributed by atoms with Crippen molar-refractivity contribution in [1.82, 2.24) is 0 Å². The normalized spacial score (nSPS) is 15.0. The predicted molar refractivity (Wildman–Crippen MR) is 242 cm³/mol. The Labute approximate surface area is 343 Å². The summed E-state index contributed by atoms with van der Waals surface area (Å²) >= 11 is 0. The van der Waals surface area contributed by atoms with E-state index in [1.54, 1.807) is 7.11 Å². The number of hydrogen-bond acceptors (Lipinski definition) is 3. The highest BCUT2D eigenvalue weighted by Crippen LogP contribution is 2.60. The summed E-state index contributed by atoms with van der Waals surface area (Å²) in [7, 11) is 1.64. The van der Waals surface area contributed by atoms with E-state index in [1.165, 1.54) is 71.3 Å². The zero-order valence-electron chi connectivity index (χ0n) is 32.8. The number of aliphatic hydroxyl groups excluding tert-OH is 1. The van der Waals surface area contributed by atoms with Gasteiger partial charge in [-0.1, -0.05) is 151 Å². The second kappa shape index (κ2) is 13.7. The maximum atomic E-state index is 11.0. The molecule has 0 aromatic heterocycles. The van der Waals surface area contributed by atoms with Crippen LogP contribution in [-0.2, 0) is 5.41 Å². The fourth-order valence-electron chi connectivity index (χ4n) is 9.61. The lowest BCUT2D eigenvalue weighted by Gasteiger charge is -2.35. The van der Waals surface area contributed by atoms with Crippen molar-refractivity contribution in [3.05, 3.63) is 233 Å². The molecular formula is C56H40O3. The molecule has 2 unspecified atom stereocenters. The van der Waals surface area contributed by atoms with E-state index in [9.17, 15) is 5.11 Å². The van der Waals surface area contributed by atoms with Crippen LogP contribution >= 0.6 is 0 Å². The third-order valence-electron chi connectivity index (χ3n) is 12.4. The fourth-order valence-corrected chi connectivity index (χ4v) is 9.61. The molecule has 3 heteroatoms. The molecule has 1 N–H and O–H groups in total. The van der Waals surface area contributed by atoms with E-state index in [2.05, 4.69) is 153 Å². The van der Waals surface area contributed by atoms with Crippen molar-refractivity contribution in [3.63, 3.8) is 0 Å². The van der Waals surface area contributed by atoms with Gasteiger partial charge >= 0.3 is 0 Å². The van der Waals surface area contributed by atoms with Crippen molar-refractivity contribution in [2.24, 2.45) is 0 Å². The molecule has 0 heterocycles. The van der Waals surface area contributed by atoms with Crippen LogP contribution in [0.1, 0.15) is 45.0 Å². The van der Waals surface area contributed by atoms with Crippen molar-refractivity contribution in [2.75, 3.05) is 7.11 Å². The third-order valence-corrected chi connectivity index (χ3v) is 12.4. The summed E-state index contributed by atoms with van der Waals surface area (Å²) in [4.78, 5) is 0. The number of rotatable bonds is 7. The molecule has 10 aromatic carbocycles. The van der Waals surface area contributed by atoms with Crippen LogP contribution in [0.3, 0.4) is 0 Å². The molecule has 0 aliphatic heterocycles. The van der Waals surface area contributed by atoms with Gasteiger partial charge in [-0.15, -0.1) is 0 Å². The SMILES string of the molecule is COc1ccc(C(O)c2ccc(Oc3ccc4cc(C5(c6ccc7cc(C)ccc7c6)c6ccc7ccccc7c6-c6ccc7ccccc7c65)ccc4c3)cc2)cc1. The molecule has 3 nitrogen and oxygen atoms in total. The second-order valence-electron chi connectivity index (χ2n) is 15.8. The Morgan fingerprint density at radius 2 is 0.983 bits per heavy atom. The molecule has 0 amide bonds. The minimum atomic E-state index is -0.748. The van der Waals surface area contributed by atoms with Crippen LogP contribution in [-0.4, -0.2) is 12.2 Å². The van der Waals surface area contributed by atoms with Gasteiger partial charge in [-0.2, -0.15) is 0 Å². The first-order valence-electron chi connectivity index (χ1n) is 20.2. The third kappa shape index (κ3) is 5.61. The van der Waals surface area contributed by atoms with Crippen molar-refractivity contribution >= 4 is 43.1 Å².